The van der Waals surface area contributed by atoms with E-state index in [-0.39, 0.29) is 69.1 Å². The van der Waals surface area contributed by atoms with Gasteiger partial charge in [0, 0.05) is 16.9 Å². The molecule has 2 heterocycles. The Bertz CT molecular complexity index is 2460. The summed E-state index contributed by atoms with van der Waals surface area (Å²) in [6.45, 7) is 0. The predicted octanol–water partition coefficient (Wildman–Crippen LogP) is 9.67. The van der Waals surface area contributed by atoms with Crippen LogP contribution in [0.3, 0.4) is 0 Å². The van der Waals surface area contributed by atoms with Gasteiger partial charge in [0.2, 0.25) is 23.6 Å². The zero-order valence-corrected chi connectivity index (χ0v) is 29.4. The number of fused-ring (bicyclic) bond motifs is 5. The van der Waals surface area contributed by atoms with Crippen LogP contribution in [0.2, 0.25) is 0 Å². The molecule has 59 heavy (non-hydrogen) atoms. The van der Waals surface area contributed by atoms with Crippen molar-refractivity contribution in [3.05, 3.63) is 112 Å². The maximum atomic E-state index is 14.4. The Balaban J connectivity index is 1.28. The monoisotopic (exact) mass is 840 g/mol. The highest BCUT2D eigenvalue weighted by molar-refractivity contribution is 6.24. The van der Waals surface area contributed by atoms with E-state index in [0.717, 1.165) is 0 Å². The topological polar surface area (TPSA) is 95.0 Å². The highest BCUT2D eigenvalue weighted by Crippen LogP contribution is 2.60. The van der Waals surface area contributed by atoms with Crippen molar-refractivity contribution in [2.24, 2.45) is 29.6 Å². The van der Waals surface area contributed by atoms with Gasteiger partial charge in [0.15, 0.2) is 0 Å². The van der Waals surface area contributed by atoms with Crippen molar-refractivity contribution in [2.75, 3.05) is 9.80 Å². The quantitative estimate of drug-likeness (QED) is 0.126. The van der Waals surface area contributed by atoms with Crippen LogP contribution in [0.1, 0.15) is 46.6 Å². The number of phenolic OH excluding ortho intramolecular Hbond substituents is 1. The molecule has 4 amide bonds. The molecule has 1 N–H and O–H groups in total. The van der Waals surface area contributed by atoms with Gasteiger partial charge in [0.05, 0.1) is 57.3 Å². The van der Waals surface area contributed by atoms with Crippen molar-refractivity contribution in [3.8, 4) is 5.75 Å². The van der Waals surface area contributed by atoms with Gasteiger partial charge >= 0.3 is 24.7 Å². The minimum atomic E-state index is -5.37. The average molecular weight is 841 g/mol. The van der Waals surface area contributed by atoms with Crippen molar-refractivity contribution < 1.29 is 77.0 Å². The third-order valence-corrected chi connectivity index (χ3v) is 11.6. The SMILES string of the molecule is O=C1[C@H]2[C@H](CC=C3[C@H]2C[C@H]2C(=O)N(c4cc(C(F)(F)F)cc(C(F)(F)F)c4)C(=O)[C@H]2[C@H]3c2ccc3ccccc3c2O)C(=O)N1c1cc(C(F)(F)F)cc(C(F)(F)F)c1. The van der Waals surface area contributed by atoms with Gasteiger partial charge in [-0.3, -0.25) is 19.2 Å². The van der Waals surface area contributed by atoms with Gasteiger partial charge in [-0.25, -0.2) is 9.80 Å². The number of alkyl halides is 12. The van der Waals surface area contributed by atoms with Crippen molar-refractivity contribution in [1.29, 1.82) is 0 Å². The summed E-state index contributed by atoms with van der Waals surface area (Å²) in [4.78, 5) is 57.3. The molecule has 2 saturated heterocycles. The van der Waals surface area contributed by atoms with Crippen LogP contribution in [-0.2, 0) is 43.9 Å². The fourth-order valence-corrected chi connectivity index (χ4v) is 9.10. The van der Waals surface area contributed by atoms with E-state index >= 15 is 0 Å². The van der Waals surface area contributed by atoms with Crippen molar-refractivity contribution in [3.63, 3.8) is 0 Å². The Hall–Kier alpha value is -5.88. The van der Waals surface area contributed by atoms with Gasteiger partial charge in [0.1, 0.15) is 5.75 Å². The molecular weight excluding hydrogens is 816 g/mol. The standard InChI is InChI=1S/C40H24F12N2O5/c41-37(42,43)17-9-18(38(44,45)46)12-21(11-17)53-33(56)26-8-7-24-27(30(26)35(53)58)15-28-31(29(24)25-6-5-16-3-1-2-4-23(16)32(25)55)36(59)54(34(28)57)22-13-19(39(47,48)49)10-20(14-22)40(50,51)52/h1-7,9-14,26-31,55H,8,15H2/t26-,27+,28+,29+,30-,31+/m0/s1. The van der Waals surface area contributed by atoms with E-state index in [1.54, 1.807) is 18.2 Å². The van der Waals surface area contributed by atoms with Crippen molar-refractivity contribution >= 4 is 45.8 Å². The molecule has 308 valence electrons. The molecule has 19 heteroatoms. The Morgan fingerprint density at radius 1 is 0.525 bits per heavy atom. The Kier molecular flexibility index (Phi) is 8.84. The molecule has 0 spiro atoms. The van der Waals surface area contributed by atoms with Crippen molar-refractivity contribution in [1.82, 2.24) is 0 Å². The number of amides is 4. The molecule has 4 aromatic carbocycles. The van der Waals surface area contributed by atoms with Crippen LogP contribution in [-0.4, -0.2) is 28.7 Å². The highest BCUT2D eigenvalue weighted by atomic mass is 19.4. The minimum absolute atomic E-state index is 0.0440. The van der Waals surface area contributed by atoms with Gasteiger partial charge < -0.3 is 5.11 Å². The second kappa shape index (κ2) is 13.1. The molecule has 2 aliphatic heterocycles. The Morgan fingerprint density at radius 2 is 0.983 bits per heavy atom. The maximum Gasteiger partial charge on any atom is 0.416 e. The van der Waals surface area contributed by atoms with Gasteiger partial charge in [0.25, 0.3) is 0 Å². The molecule has 0 bridgehead atoms. The van der Waals surface area contributed by atoms with Crippen LogP contribution in [0, 0.1) is 29.6 Å². The number of phenols is 1. The first-order valence-electron chi connectivity index (χ1n) is 17.6. The molecule has 2 aliphatic carbocycles. The van der Waals surface area contributed by atoms with Gasteiger partial charge in [-0.15, -0.1) is 0 Å². The van der Waals surface area contributed by atoms with Gasteiger partial charge in [-0.2, -0.15) is 52.7 Å². The number of halogens is 12. The smallest absolute Gasteiger partial charge is 0.416 e. The first-order chi connectivity index (χ1) is 27.4. The number of rotatable bonds is 3. The highest BCUT2D eigenvalue weighted by Gasteiger charge is 2.63. The molecule has 8 rings (SSSR count). The molecule has 0 radical (unpaired) electrons. The maximum absolute atomic E-state index is 14.4. The molecule has 3 fully saturated rings. The summed E-state index contributed by atoms with van der Waals surface area (Å²) < 4.78 is 166. The van der Waals surface area contributed by atoms with E-state index < -0.39 is 130 Å². The second-order valence-electron chi connectivity index (χ2n) is 14.8. The summed E-state index contributed by atoms with van der Waals surface area (Å²) in [6.07, 6.45) is -20.9. The average Bonchev–Trinajstić information content (AvgIpc) is 3.56. The Labute approximate surface area is 323 Å². The minimum Gasteiger partial charge on any atom is -0.507 e. The van der Waals surface area contributed by atoms with E-state index in [4.69, 9.17) is 0 Å². The number of hydrogen-bond acceptors (Lipinski definition) is 5. The molecule has 6 atom stereocenters. The van der Waals surface area contributed by atoms with Crippen LogP contribution in [0.15, 0.2) is 84.4 Å². The summed E-state index contributed by atoms with van der Waals surface area (Å²) in [5.74, 6) is -14.3. The fraction of sp³-hybridized carbons (Fsp3) is 0.300. The van der Waals surface area contributed by atoms with Gasteiger partial charge in [-0.1, -0.05) is 48.0 Å². The zero-order valence-electron chi connectivity index (χ0n) is 29.4. The molecule has 4 aliphatic rings. The van der Waals surface area contributed by atoms with Crippen LogP contribution in [0.5, 0.6) is 5.75 Å². The largest absolute Gasteiger partial charge is 0.507 e. The fourth-order valence-electron chi connectivity index (χ4n) is 9.10. The third kappa shape index (κ3) is 6.39. The van der Waals surface area contributed by atoms with Crippen LogP contribution < -0.4 is 9.80 Å². The lowest BCUT2D eigenvalue weighted by atomic mass is 9.57. The van der Waals surface area contributed by atoms with E-state index in [1.165, 1.54) is 24.3 Å². The first-order valence-corrected chi connectivity index (χ1v) is 17.6. The number of anilines is 2. The molecule has 4 aromatic rings. The van der Waals surface area contributed by atoms with E-state index in [1.807, 2.05) is 0 Å². The molecular formula is C40H24F12N2O5. The number of nitrogens with zero attached hydrogens (tertiary/aromatic N) is 2. The number of allylic oxidation sites excluding steroid dienone is 2. The van der Waals surface area contributed by atoms with Gasteiger partial charge in [-0.05, 0) is 60.5 Å². The molecule has 1 saturated carbocycles. The summed E-state index contributed by atoms with van der Waals surface area (Å²) in [5, 5.41) is 12.4. The summed E-state index contributed by atoms with van der Waals surface area (Å²) >= 11 is 0. The van der Waals surface area contributed by atoms with E-state index in [0.29, 0.717) is 5.39 Å². The lowest BCUT2D eigenvalue weighted by Crippen LogP contribution is -2.43. The van der Waals surface area contributed by atoms with E-state index in [9.17, 15) is 77.0 Å². The van der Waals surface area contributed by atoms with Crippen LogP contribution >= 0.6 is 0 Å². The number of carbonyl (C=O) groups is 4. The number of benzene rings is 4. The predicted molar refractivity (Wildman–Crippen MR) is 181 cm³/mol. The second-order valence-corrected chi connectivity index (χ2v) is 14.8. The number of aromatic hydroxyl groups is 1. The third-order valence-electron chi connectivity index (χ3n) is 11.6. The molecule has 7 nitrogen and oxygen atoms in total. The number of hydrogen-bond donors (Lipinski definition) is 1. The molecule has 0 aromatic heterocycles. The molecule has 0 unspecified atom stereocenters. The van der Waals surface area contributed by atoms with Crippen molar-refractivity contribution in [2.45, 2.75) is 43.5 Å². The lowest BCUT2D eigenvalue weighted by Gasteiger charge is -2.44. The summed E-state index contributed by atoms with van der Waals surface area (Å²) in [6, 6.07) is 9.57. The summed E-state index contributed by atoms with van der Waals surface area (Å²) in [7, 11) is 0. The normalized spacial score (nSPS) is 25.1. The lowest BCUT2D eigenvalue weighted by molar-refractivity contribution is -0.144. The number of carbonyl (C=O) groups excluding carboxylic acids is 4. The summed E-state index contributed by atoms with van der Waals surface area (Å²) in [5.41, 5.74) is -9.32. The van der Waals surface area contributed by atoms with Crippen LogP contribution in [0.4, 0.5) is 64.1 Å². The van der Waals surface area contributed by atoms with E-state index in [2.05, 4.69) is 0 Å². The Morgan fingerprint density at radius 3 is 1.47 bits per heavy atom. The van der Waals surface area contributed by atoms with Crippen LogP contribution in [0.25, 0.3) is 10.8 Å². The zero-order chi connectivity index (χ0) is 42.9. The first kappa shape index (κ1) is 39.9. The number of imide groups is 2.